The van der Waals surface area contributed by atoms with Crippen molar-refractivity contribution in [2.75, 3.05) is 13.2 Å². The van der Waals surface area contributed by atoms with Crippen LogP contribution in [0.5, 0.6) is 0 Å². The summed E-state index contributed by atoms with van der Waals surface area (Å²) in [6, 6.07) is 4.65. The predicted octanol–water partition coefficient (Wildman–Crippen LogP) is 3.39. The van der Waals surface area contributed by atoms with Crippen LogP contribution in [0, 0.1) is 0 Å². The molecule has 0 saturated carbocycles. The van der Waals surface area contributed by atoms with Crippen LogP contribution in [0.15, 0.2) is 22.7 Å². The van der Waals surface area contributed by atoms with Crippen molar-refractivity contribution in [1.82, 2.24) is 5.43 Å². The van der Waals surface area contributed by atoms with E-state index < -0.39 is 25.0 Å². The maximum Gasteiger partial charge on any atom is 0.330 e. The van der Waals surface area contributed by atoms with Gasteiger partial charge >= 0.3 is 12.3 Å². The molecule has 1 rings (SSSR count). The fourth-order valence-corrected chi connectivity index (χ4v) is 2.27. The lowest BCUT2D eigenvalue weighted by atomic mass is 10.1. The van der Waals surface area contributed by atoms with Crippen molar-refractivity contribution in [1.29, 1.82) is 0 Å². The van der Waals surface area contributed by atoms with Crippen LogP contribution in [-0.4, -0.2) is 31.6 Å². The van der Waals surface area contributed by atoms with Crippen LogP contribution in [0.4, 0.5) is 17.6 Å². The van der Waals surface area contributed by atoms with Gasteiger partial charge in [0.25, 0.3) is 0 Å². The van der Waals surface area contributed by atoms with Gasteiger partial charge < -0.3 is 4.74 Å². The average Bonchev–Trinajstić information content (AvgIpc) is 2.39. The Morgan fingerprint density at radius 2 is 2.05 bits per heavy atom. The van der Waals surface area contributed by atoms with Crippen LogP contribution in [0.2, 0.25) is 5.02 Å². The molecular formula is C12H14BrClF4N2O. The van der Waals surface area contributed by atoms with Gasteiger partial charge in [0.2, 0.25) is 0 Å². The molecular weight excluding hydrogens is 379 g/mol. The number of nitrogens with two attached hydrogens (primary N) is 1. The number of alkyl halides is 4. The van der Waals surface area contributed by atoms with Gasteiger partial charge in [0.1, 0.15) is 6.61 Å². The highest BCUT2D eigenvalue weighted by Gasteiger charge is 2.41. The molecule has 0 spiro atoms. The average molecular weight is 394 g/mol. The summed E-state index contributed by atoms with van der Waals surface area (Å²) in [5.41, 5.74) is 3.11. The number of halogens is 6. The molecule has 0 fully saturated rings. The van der Waals surface area contributed by atoms with Gasteiger partial charge in [-0.3, -0.25) is 11.3 Å². The number of rotatable bonds is 8. The van der Waals surface area contributed by atoms with E-state index in [-0.39, 0.29) is 6.61 Å². The third kappa shape index (κ3) is 6.07. The zero-order valence-corrected chi connectivity index (χ0v) is 13.1. The minimum absolute atomic E-state index is 0.245. The Morgan fingerprint density at radius 3 is 2.57 bits per heavy atom. The molecule has 0 saturated heterocycles. The zero-order valence-electron chi connectivity index (χ0n) is 10.8. The largest absolute Gasteiger partial charge is 0.373 e. The van der Waals surface area contributed by atoms with E-state index in [1.165, 1.54) is 0 Å². The lowest BCUT2D eigenvalue weighted by molar-refractivity contribution is -0.167. The lowest BCUT2D eigenvalue weighted by Crippen LogP contribution is -2.42. The van der Waals surface area contributed by atoms with Crippen molar-refractivity contribution in [2.45, 2.75) is 24.8 Å². The fourth-order valence-electron chi connectivity index (χ4n) is 1.52. The second-order valence-corrected chi connectivity index (χ2v) is 5.70. The summed E-state index contributed by atoms with van der Waals surface area (Å²) < 4.78 is 54.7. The van der Waals surface area contributed by atoms with Gasteiger partial charge in [-0.15, -0.1) is 0 Å². The Kier molecular flexibility index (Phi) is 7.35. The molecule has 0 aromatic heterocycles. The van der Waals surface area contributed by atoms with Gasteiger partial charge in [-0.1, -0.05) is 33.6 Å². The maximum atomic E-state index is 12.7. The summed E-state index contributed by atoms with van der Waals surface area (Å²) in [5, 5.41) is 0.475. The third-order valence-corrected chi connectivity index (χ3v) is 3.50. The Hall–Kier alpha value is -0.410. The highest BCUT2D eigenvalue weighted by Crippen LogP contribution is 2.24. The number of nitrogens with one attached hydrogen (secondary N) is 1. The van der Waals surface area contributed by atoms with Crippen LogP contribution in [-0.2, 0) is 11.2 Å². The van der Waals surface area contributed by atoms with Crippen LogP contribution in [0.1, 0.15) is 5.56 Å². The van der Waals surface area contributed by atoms with Crippen molar-refractivity contribution >= 4 is 27.5 Å². The first-order chi connectivity index (χ1) is 9.76. The van der Waals surface area contributed by atoms with Gasteiger partial charge in [0.05, 0.1) is 6.61 Å². The summed E-state index contributed by atoms with van der Waals surface area (Å²) in [6.07, 6.45) is -3.45. The Morgan fingerprint density at radius 1 is 1.38 bits per heavy atom. The highest BCUT2D eigenvalue weighted by atomic mass is 79.9. The third-order valence-electron chi connectivity index (χ3n) is 2.65. The van der Waals surface area contributed by atoms with Crippen LogP contribution < -0.4 is 11.3 Å². The van der Waals surface area contributed by atoms with E-state index in [1.807, 2.05) is 0 Å². The molecule has 0 aliphatic heterocycles. The van der Waals surface area contributed by atoms with Gasteiger partial charge in [-0.2, -0.15) is 8.78 Å². The summed E-state index contributed by atoms with van der Waals surface area (Å²) in [7, 11) is 0. The first-order valence-corrected chi connectivity index (χ1v) is 7.07. The second-order valence-electron chi connectivity index (χ2n) is 4.38. The second kappa shape index (κ2) is 8.28. The first-order valence-electron chi connectivity index (χ1n) is 5.90. The number of ether oxygens (including phenoxy) is 1. The highest BCUT2D eigenvalue weighted by molar-refractivity contribution is 9.10. The van der Waals surface area contributed by atoms with E-state index in [4.69, 9.17) is 17.4 Å². The summed E-state index contributed by atoms with van der Waals surface area (Å²) >= 11 is 9.27. The Balaban J connectivity index is 2.52. The molecule has 1 atom stereocenters. The van der Waals surface area contributed by atoms with Crippen molar-refractivity contribution in [3.8, 4) is 0 Å². The van der Waals surface area contributed by atoms with Crippen LogP contribution in [0.25, 0.3) is 0 Å². The molecule has 0 heterocycles. The first kappa shape index (κ1) is 18.6. The monoisotopic (exact) mass is 392 g/mol. The molecule has 0 amide bonds. The quantitative estimate of drug-likeness (QED) is 0.404. The molecule has 0 bridgehead atoms. The lowest BCUT2D eigenvalue weighted by Gasteiger charge is -2.20. The number of hydrogen-bond acceptors (Lipinski definition) is 3. The number of hydrazine groups is 1. The maximum absolute atomic E-state index is 12.7. The molecule has 1 unspecified atom stereocenters. The summed E-state index contributed by atoms with van der Waals surface area (Å²) in [5.74, 6) is 1.12. The van der Waals surface area contributed by atoms with Crippen molar-refractivity contribution < 1.29 is 22.3 Å². The van der Waals surface area contributed by atoms with Gasteiger partial charge in [0.15, 0.2) is 0 Å². The molecule has 21 heavy (non-hydrogen) atoms. The standard InChI is InChI=1S/C12H14BrClF4N2O/c13-8-2-1-7(10(14)4-8)3-9(20-19)5-21-6-12(17,18)11(15)16/h1-2,4,9,11,20H,3,5-6,19H2. The minimum Gasteiger partial charge on any atom is -0.373 e. The van der Waals surface area contributed by atoms with Gasteiger partial charge in [-0.25, -0.2) is 8.78 Å². The minimum atomic E-state index is -4.17. The predicted molar refractivity (Wildman–Crippen MR) is 75.7 cm³/mol. The van der Waals surface area contributed by atoms with Crippen LogP contribution >= 0.6 is 27.5 Å². The Labute approximate surface area is 132 Å². The molecule has 9 heteroatoms. The number of hydrogen-bond donors (Lipinski definition) is 2. The van der Waals surface area contributed by atoms with E-state index in [0.29, 0.717) is 11.4 Å². The van der Waals surface area contributed by atoms with Gasteiger partial charge in [0, 0.05) is 15.5 Å². The van der Waals surface area contributed by atoms with Gasteiger partial charge in [-0.05, 0) is 24.1 Å². The fraction of sp³-hybridized carbons (Fsp3) is 0.500. The van der Waals surface area contributed by atoms with Crippen molar-refractivity contribution in [3.05, 3.63) is 33.3 Å². The smallest absolute Gasteiger partial charge is 0.330 e. The summed E-state index contributed by atoms with van der Waals surface area (Å²) in [4.78, 5) is 0. The Bertz CT molecular complexity index is 465. The van der Waals surface area contributed by atoms with Crippen molar-refractivity contribution in [2.24, 2.45) is 5.84 Å². The normalized spacial score (nSPS) is 13.7. The molecule has 0 aliphatic carbocycles. The number of benzene rings is 1. The molecule has 0 aliphatic rings. The molecule has 120 valence electrons. The van der Waals surface area contributed by atoms with Crippen LogP contribution in [0.3, 0.4) is 0 Å². The van der Waals surface area contributed by atoms with E-state index in [9.17, 15) is 17.6 Å². The van der Waals surface area contributed by atoms with E-state index in [1.54, 1.807) is 18.2 Å². The van der Waals surface area contributed by atoms with E-state index in [0.717, 1.165) is 10.0 Å². The molecule has 1 aromatic rings. The molecule has 3 nitrogen and oxygen atoms in total. The molecule has 3 N–H and O–H groups in total. The molecule has 1 aromatic carbocycles. The summed E-state index contributed by atoms with van der Waals surface area (Å²) in [6.45, 7) is -1.61. The SMILES string of the molecule is NNC(COCC(F)(F)C(F)F)Cc1ccc(Br)cc1Cl. The van der Waals surface area contributed by atoms with E-state index >= 15 is 0 Å². The topological polar surface area (TPSA) is 47.3 Å². The zero-order chi connectivity index (χ0) is 16.0. The van der Waals surface area contributed by atoms with E-state index in [2.05, 4.69) is 26.1 Å². The van der Waals surface area contributed by atoms with Crippen molar-refractivity contribution in [3.63, 3.8) is 0 Å². The molecule has 0 radical (unpaired) electrons.